The molecular weight excluding hydrogens is 322 g/mol. The monoisotopic (exact) mass is 343 g/mol. The zero-order valence-corrected chi connectivity index (χ0v) is 13.9. The first-order valence-electron chi connectivity index (χ1n) is 8.07. The second-order valence-corrected chi connectivity index (χ2v) is 5.99. The molecule has 2 aromatic carbocycles. The molecule has 0 radical (unpaired) electrons. The number of carboxylic acid groups (broad SMARTS) is 1. The van der Waals surface area contributed by atoms with Gasteiger partial charge in [0.2, 0.25) is 0 Å². The Labute approximate surface area is 146 Å². The molecule has 132 valence electrons. The highest BCUT2D eigenvalue weighted by atomic mass is 16.5. The first-order valence-corrected chi connectivity index (χ1v) is 8.07. The van der Waals surface area contributed by atoms with Crippen LogP contribution in [0.1, 0.15) is 5.56 Å². The van der Waals surface area contributed by atoms with Crippen molar-refractivity contribution in [2.45, 2.75) is 24.9 Å². The maximum Gasteiger partial charge on any atom is 0.323 e. The summed E-state index contributed by atoms with van der Waals surface area (Å²) in [5.74, 6) is -0.250. The molecule has 1 heterocycles. The summed E-state index contributed by atoms with van der Waals surface area (Å²) in [6, 6.07) is 14.8. The van der Waals surface area contributed by atoms with Crippen molar-refractivity contribution >= 4 is 5.97 Å². The van der Waals surface area contributed by atoms with Crippen molar-refractivity contribution in [3.63, 3.8) is 0 Å². The van der Waals surface area contributed by atoms with E-state index in [4.69, 9.17) is 14.6 Å². The fourth-order valence-corrected chi connectivity index (χ4v) is 2.87. The van der Waals surface area contributed by atoms with Gasteiger partial charge in [0, 0.05) is 6.54 Å². The van der Waals surface area contributed by atoms with Crippen LogP contribution in [-0.2, 0) is 16.1 Å². The van der Waals surface area contributed by atoms with E-state index in [9.17, 15) is 9.90 Å². The number of nitrogens with one attached hydrogen (secondary N) is 1. The van der Waals surface area contributed by atoms with E-state index >= 15 is 0 Å². The van der Waals surface area contributed by atoms with Crippen LogP contribution in [0.15, 0.2) is 48.5 Å². The molecule has 1 aliphatic rings. The zero-order chi connectivity index (χ0) is 17.8. The Kier molecular flexibility index (Phi) is 5.33. The lowest BCUT2D eigenvalue weighted by atomic mass is 10.0. The van der Waals surface area contributed by atoms with Crippen LogP contribution in [0.25, 0.3) is 11.1 Å². The van der Waals surface area contributed by atoms with Gasteiger partial charge in [-0.25, -0.2) is 0 Å². The lowest BCUT2D eigenvalue weighted by Gasteiger charge is -2.16. The number of rotatable bonds is 6. The molecule has 1 aliphatic heterocycles. The second kappa shape index (κ2) is 7.65. The fraction of sp³-hybridized carbons (Fsp3) is 0.316. The van der Waals surface area contributed by atoms with Gasteiger partial charge in [0.25, 0.3) is 0 Å². The largest absolute Gasteiger partial charge is 0.497 e. The van der Waals surface area contributed by atoms with Gasteiger partial charge in [0.15, 0.2) is 0 Å². The predicted octanol–water partition coefficient (Wildman–Crippen LogP) is 1.66. The standard InChI is InChI=1S/C19H21NO5/c1-24-15-8-6-14(7-9-15)13-4-2-12(3-5-13)11-25-16-10-20-17(18(16)21)19(22)23/h2-9,16-18,20-21H,10-11H2,1H3,(H,22,23)/t16-,17+,18+/m0/s1. The summed E-state index contributed by atoms with van der Waals surface area (Å²) in [5, 5.41) is 21.7. The average molecular weight is 343 g/mol. The summed E-state index contributed by atoms with van der Waals surface area (Å²) in [5.41, 5.74) is 3.14. The number of benzene rings is 2. The number of aliphatic hydroxyl groups is 1. The number of ether oxygens (including phenoxy) is 2. The summed E-state index contributed by atoms with van der Waals surface area (Å²) in [6.45, 7) is 0.640. The molecule has 0 aliphatic carbocycles. The Balaban J connectivity index is 1.58. The van der Waals surface area contributed by atoms with Crippen LogP contribution in [0.2, 0.25) is 0 Å². The number of aliphatic carboxylic acids is 1. The van der Waals surface area contributed by atoms with Crippen molar-refractivity contribution in [2.24, 2.45) is 0 Å². The van der Waals surface area contributed by atoms with Gasteiger partial charge >= 0.3 is 5.97 Å². The van der Waals surface area contributed by atoms with Gasteiger partial charge < -0.3 is 19.7 Å². The Hall–Kier alpha value is -2.41. The molecular formula is C19H21NO5. The maximum atomic E-state index is 11.0. The molecule has 3 atom stereocenters. The van der Waals surface area contributed by atoms with Crippen LogP contribution < -0.4 is 10.1 Å². The minimum Gasteiger partial charge on any atom is -0.497 e. The molecule has 3 N–H and O–H groups in total. The summed E-state index contributed by atoms with van der Waals surface area (Å²) in [7, 11) is 1.64. The quantitative estimate of drug-likeness (QED) is 0.739. The van der Waals surface area contributed by atoms with Gasteiger partial charge in [0.1, 0.15) is 17.9 Å². The van der Waals surface area contributed by atoms with Gasteiger partial charge in [-0.05, 0) is 28.8 Å². The summed E-state index contributed by atoms with van der Waals surface area (Å²) < 4.78 is 10.8. The van der Waals surface area contributed by atoms with Crippen LogP contribution in [0.5, 0.6) is 5.75 Å². The number of methoxy groups -OCH3 is 1. The molecule has 1 saturated heterocycles. The van der Waals surface area contributed by atoms with Gasteiger partial charge in [0.05, 0.1) is 19.8 Å². The van der Waals surface area contributed by atoms with Gasteiger partial charge in [-0.15, -0.1) is 0 Å². The maximum absolute atomic E-state index is 11.0. The Morgan fingerprint density at radius 2 is 1.72 bits per heavy atom. The molecule has 0 unspecified atom stereocenters. The van der Waals surface area contributed by atoms with E-state index in [1.54, 1.807) is 7.11 Å². The van der Waals surface area contributed by atoms with Crippen LogP contribution in [-0.4, -0.2) is 48.1 Å². The normalized spacial score (nSPS) is 22.7. The van der Waals surface area contributed by atoms with Gasteiger partial charge in [-0.2, -0.15) is 0 Å². The van der Waals surface area contributed by atoms with E-state index in [1.165, 1.54) is 0 Å². The van der Waals surface area contributed by atoms with Crippen LogP contribution >= 0.6 is 0 Å². The van der Waals surface area contributed by atoms with E-state index in [-0.39, 0.29) is 0 Å². The lowest BCUT2D eigenvalue weighted by Crippen LogP contribution is -2.40. The number of hydrogen-bond donors (Lipinski definition) is 3. The molecule has 6 nitrogen and oxygen atoms in total. The lowest BCUT2D eigenvalue weighted by molar-refractivity contribution is -0.142. The second-order valence-electron chi connectivity index (χ2n) is 5.99. The van der Waals surface area contributed by atoms with Crippen molar-refractivity contribution in [2.75, 3.05) is 13.7 Å². The van der Waals surface area contributed by atoms with E-state index in [2.05, 4.69) is 5.32 Å². The fourth-order valence-electron chi connectivity index (χ4n) is 2.87. The molecule has 0 bridgehead atoms. The molecule has 25 heavy (non-hydrogen) atoms. The molecule has 3 rings (SSSR count). The van der Waals surface area contributed by atoms with Gasteiger partial charge in [-0.3, -0.25) is 10.1 Å². The third-order valence-corrected chi connectivity index (χ3v) is 4.37. The molecule has 6 heteroatoms. The molecule has 2 aromatic rings. The first kappa shape index (κ1) is 17.4. The summed E-state index contributed by atoms with van der Waals surface area (Å²) >= 11 is 0. The van der Waals surface area contributed by atoms with E-state index in [0.29, 0.717) is 13.2 Å². The highest BCUT2D eigenvalue weighted by Gasteiger charge is 2.39. The SMILES string of the molecule is COc1ccc(-c2ccc(CO[C@H]3CN[C@@H](C(=O)O)[C@@H]3O)cc2)cc1. The molecule has 0 aromatic heterocycles. The smallest absolute Gasteiger partial charge is 0.323 e. The van der Waals surface area contributed by atoms with Crippen molar-refractivity contribution < 1.29 is 24.5 Å². The number of aliphatic hydroxyl groups excluding tert-OH is 1. The third-order valence-electron chi connectivity index (χ3n) is 4.37. The van der Waals surface area contributed by atoms with Gasteiger partial charge in [-0.1, -0.05) is 36.4 Å². The van der Waals surface area contributed by atoms with E-state index < -0.39 is 24.2 Å². The van der Waals surface area contributed by atoms with Crippen LogP contribution in [0.4, 0.5) is 0 Å². The Morgan fingerprint density at radius 3 is 2.24 bits per heavy atom. The van der Waals surface area contributed by atoms with Crippen molar-refractivity contribution in [3.8, 4) is 16.9 Å². The Morgan fingerprint density at radius 1 is 1.12 bits per heavy atom. The molecule has 0 amide bonds. The van der Waals surface area contributed by atoms with Crippen molar-refractivity contribution in [3.05, 3.63) is 54.1 Å². The summed E-state index contributed by atoms with van der Waals surface area (Å²) in [4.78, 5) is 11.0. The van der Waals surface area contributed by atoms with Crippen LogP contribution in [0, 0.1) is 0 Å². The van der Waals surface area contributed by atoms with E-state index in [1.807, 2.05) is 48.5 Å². The van der Waals surface area contributed by atoms with Crippen molar-refractivity contribution in [1.29, 1.82) is 0 Å². The Bertz CT molecular complexity index is 714. The summed E-state index contributed by atoms with van der Waals surface area (Å²) in [6.07, 6.45) is -1.57. The predicted molar refractivity (Wildman–Crippen MR) is 92.4 cm³/mol. The molecule has 0 spiro atoms. The molecule has 1 fully saturated rings. The third kappa shape index (κ3) is 3.99. The van der Waals surface area contributed by atoms with E-state index in [0.717, 1.165) is 22.4 Å². The minimum absolute atomic E-state index is 0.318. The number of hydrogen-bond acceptors (Lipinski definition) is 5. The minimum atomic E-state index is -1.07. The highest BCUT2D eigenvalue weighted by molar-refractivity contribution is 5.75. The van der Waals surface area contributed by atoms with Crippen molar-refractivity contribution in [1.82, 2.24) is 5.32 Å². The first-order chi connectivity index (χ1) is 12.1. The average Bonchev–Trinajstić information content (AvgIpc) is 3.01. The molecule has 0 saturated carbocycles. The topological polar surface area (TPSA) is 88.0 Å². The number of carboxylic acids is 1. The zero-order valence-electron chi connectivity index (χ0n) is 13.9. The highest BCUT2D eigenvalue weighted by Crippen LogP contribution is 2.23. The number of carbonyl (C=O) groups is 1. The van der Waals surface area contributed by atoms with Crippen LogP contribution in [0.3, 0.4) is 0 Å².